The summed E-state index contributed by atoms with van der Waals surface area (Å²) in [7, 11) is 0. The van der Waals surface area contributed by atoms with Crippen LogP contribution in [-0.2, 0) is 6.42 Å². The highest BCUT2D eigenvalue weighted by atomic mass is 79.9. The molecule has 0 amide bonds. The number of benzene rings is 1. The quantitative estimate of drug-likeness (QED) is 0.800. The molecular weight excluding hydrogens is 296 g/mol. The summed E-state index contributed by atoms with van der Waals surface area (Å²) in [5.41, 5.74) is 1.37. The number of hydrogen-bond acceptors (Lipinski definition) is 2. The Labute approximate surface area is 93.0 Å². The summed E-state index contributed by atoms with van der Waals surface area (Å²) in [6.45, 7) is 0. The highest BCUT2D eigenvalue weighted by Gasteiger charge is 2.08. The normalized spacial score (nSPS) is 8.92. The van der Waals surface area contributed by atoms with Crippen LogP contribution in [0.25, 0.3) is 0 Å². The Morgan fingerprint density at radius 1 is 1.23 bits per heavy atom. The molecule has 0 saturated heterocycles. The maximum Gasteiger partial charge on any atom is 0.102 e. The fourth-order valence-electron chi connectivity index (χ4n) is 0.920. The minimum absolute atomic E-state index is 0.308. The molecule has 0 fully saturated rings. The van der Waals surface area contributed by atoms with Crippen molar-refractivity contribution in [1.82, 2.24) is 0 Å². The van der Waals surface area contributed by atoms with E-state index in [1.165, 1.54) is 0 Å². The van der Waals surface area contributed by atoms with E-state index in [1.807, 2.05) is 12.1 Å². The zero-order valence-electron chi connectivity index (χ0n) is 6.51. The summed E-state index contributed by atoms with van der Waals surface area (Å²) in [6, 6.07) is 7.69. The lowest BCUT2D eigenvalue weighted by atomic mass is 10.1. The zero-order valence-corrected chi connectivity index (χ0v) is 9.68. The Balaban J connectivity index is 3.31. The third-order valence-corrected chi connectivity index (χ3v) is 3.12. The number of halogens is 2. The maximum absolute atomic E-state index is 8.80. The third kappa shape index (κ3) is 2.09. The van der Waals surface area contributed by atoms with Crippen LogP contribution in [0, 0.1) is 22.7 Å². The predicted octanol–water partition coefficient (Wildman–Crippen LogP) is 3.15. The molecule has 1 rings (SSSR count). The van der Waals surface area contributed by atoms with Gasteiger partial charge in [-0.25, -0.2) is 0 Å². The standard InChI is InChI=1S/C9H4Br2N2/c10-8-2-1-6(3-4-12)9(11)7(8)5-13/h1-2H,3H2. The van der Waals surface area contributed by atoms with Crippen molar-refractivity contribution in [3.05, 3.63) is 32.2 Å². The number of hydrogen-bond donors (Lipinski definition) is 0. The van der Waals surface area contributed by atoms with Crippen LogP contribution in [0.1, 0.15) is 11.1 Å². The average molecular weight is 300 g/mol. The second-order valence-corrected chi connectivity index (χ2v) is 3.99. The van der Waals surface area contributed by atoms with Crippen LogP contribution in [0.2, 0.25) is 0 Å². The molecule has 1 aromatic carbocycles. The molecule has 13 heavy (non-hydrogen) atoms. The van der Waals surface area contributed by atoms with Gasteiger partial charge in [-0.3, -0.25) is 0 Å². The second kappa shape index (κ2) is 4.41. The molecule has 64 valence electrons. The van der Waals surface area contributed by atoms with Crippen molar-refractivity contribution in [3.8, 4) is 12.1 Å². The van der Waals surface area contributed by atoms with Crippen molar-refractivity contribution < 1.29 is 0 Å². The molecule has 0 aromatic heterocycles. The van der Waals surface area contributed by atoms with Gasteiger partial charge in [0.25, 0.3) is 0 Å². The minimum atomic E-state index is 0.308. The van der Waals surface area contributed by atoms with E-state index in [4.69, 9.17) is 10.5 Å². The Kier molecular flexibility index (Phi) is 3.48. The van der Waals surface area contributed by atoms with Crippen molar-refractivity contribution in [2.75, 3.05) is 0 Å². The van der Waals surface area contributed by atoms with Gasteiger partial charge in [0.15, 0.2) is 0 Å². The van der Waals surface area contributed by atoms with Gasteiger partial charge in [0.05, 0.1) is 18.1 Å². The number of nitriles is 2. The fraction of sp³-hybridized carbons (Fsp3) is 0.111. The molecule has 0 unspecified atom stereocenters. The molecule has 0 radical (unpaired) electrons. The second-order valence-electron chi connectivity index (χ2n) is 2.34. The van der Waals surface area contributed by atoms with Gasteiger partial charge in [0.2, 0.25) is 0 Å². The van der Waals surface area contributed by atoms with Crippen molar-refractivity contribution in [3.63, 3.8) is 0 Å². The fourth-order valence-corrected chi connectivity index (χ4v) is 2.18. The maximum atomic E-state index is 8.80. The summed E-state index contributed by atoms with van der Waals surface area (Å²) in [4.78, 5) is 0. The van der Waals surface area contributed by atoms with Gasteiger partial charge in [0, 0.05) is 8.95 Å². The Hall–Kier alpha value is -0.840. The van der Waals surface area contributed by atoms with E-state index < -0.39 is 0 Å². The molecule has 0 spiro atoms. The molecule has 0 heterocycles. The van der Waals surface area contributed by atoms with Crippen LogP contribution < -0.4 is 0 Å². The smallest absolute Gasteiger partial charge is 0.102 e. The lowest BCUT2D eigenvalue weighted by molar-refractivity contribution is 1.23. The Morgan fingerprint density at radius 2 is 1.92 bits per heavy atom. The molecular formula is C9H4Br2N2. The van der Waals surface area contributed by atoms with Crippen molar-refractivity contribution in [2.24, 2.45) is 0 Å². The number of nitrogens with zero attached hydrogens (tertiary/aromatic N) is 2. The number of rotatable bonds is 1. The SMILES string of the molecule is N#CCc1ccc(Br)c(C#N)c1Br. The monoisotopic (exact) mass is 298 g/mol. The molecule has 4 heteroatoms. The van der Waals surface area contributed by atoms with Crippen molar-refractivity contribution in [2.45, 2.75) is 6.42 Å². The van der Waals surface area contributed by atoms with Crippen LogP contribution in [0.4, 0.5) is 0 Å². The largest absolute Gasteiger partial charge is 0.198 e. The van der Waals surface area contributed by atoms with Gasteiger partial charge in [-0.1, -0.05) is 6.07 Å². The molecule has 0 aliphatic heterocycles. The first-order chi connectivity index (χ1) is 6.20. The van der Waals surface area contributed by atoms with Crippen LogP contribution >= 0.6 is 31.9 Å². The van der Waals surface area contributed by atoms with E-state index >= 15 is 0 Å². The molecule has 2 nitrogen and oxygen atoms in total. The van der Waals surface area contributed by atoms with Crippen LogP contribution in [0.15, 0.2) is 21.1 Å². The van der Waals surface area contributed by atoms with Gasteiger partial charge in [-0.2, -0.15) is 10.5 Å². The van der Waals surface area contributed by atoms with Gasteiger partial charge in [-0.05, 0) is 43.5 Å². The molecule has 0 aliphatic rings. The third-order valence-electron chi connectivity index (χ3n) is 1.55. The topological polar surface area (TPSA) is 47.6 Å². The first-order valence-corrected chi connectivity index (χ1v) is 5.03. The van der Waals surface area contributed by atoms with Crippen LogP contribution in [-0.4, -0.2) is 0 Å². The van der Waals surface area contributed by atoms with E-state index in [1.54, 1.807) is 6.07 Å². The van der Waals surface area contributed by atoms with Crippen molar-refractivity contribution >= 4 is 31.9 Å². The minimum Gasteiger partial charge on any atom is -0.198 e. The predicted molar refractivity (Wildman–Crippen MR) is 55.9 cm³/mol. The lowest BCUT2D eigenvalue weighted by Crippen LogP contribution is -1.88. The molecule has 0 saturated carbocycles. The first kappa shape index (κ1) is 10.2. The molecule has 0 aliphatic carbocycles. The average Bonchev–Trinajstić information content (AvgIpc) is 2.11. The summed E-state index contributed by atoms with van der Waals surface area (Å²) in [5.74, 6) is 0. The highest BCUT2D eigenvalue weighted by Crippen LogP contribution is 2.28. The molecule has 1 aromatic rings. The summed E-state index contributed by atoms with van der Waals surface area (Å²) >= 11 is 6.55. The van der Waals surface area contributed by atoms with E-state index in [0.717, 1.165) is 10.0 Å². The van der Waals surface area contributed by atoms with E-state index in [0.29, 0.717) is 16.5 Å². The van der Waals surface area contributed by atoms with Crippen molar-refractivity contribution in [1.29, 1.82) is 10.5 Å². The van der Waals surface area contributed by atoms with E-state index in [9.17, 15) is 0 Å². The molecule has 0 atom stereocenters. The zero-order chi connectivity index (χ0) is 9.84. The van der Waals surface area contributed by atoms with Gasteiger partial charge in [-0.15, -0.1) is 0 Å². The molecule has 0 bridgehead atoms. The van der Waals surface area contributed by atoms with Gasteiger partial charge >= 0.3 is 0 Å². The van der Waals surface area contributed by atoms with Crippen LogP contribution in [0.3, 0.4) is 0 Å². The highest BCUT2D eigenvalue weighted by molar-refractivity contribution is 9.11. The van der Waals surface area contributed by atoms with Gasteiger partial charge < -0.3 is 0 Å². The first-order valence-electron chi connectivity index (χ1n) is 3.44. The summed E-state index contributed by atoms with van der Waals surface area (Å²) in [5, 5.41) is 17.3. The van der Waals surface area contributed by atoms with Crippen LogP contribution in [0.5, 0.6) is 0 Å². The van der Waals surface area contributed by atoms with E-state index in [-0.39, 0.29) is 0 Å². The Morgan fingerprint density at radius 3 is 2.46 bits per heavy atom. The Bertz CT molecular complexity index is 413. The van der Waals surface area contributed by atoms with Gasteiger partial charge in [0.1, 0.15) is 6.07 Å². The van der Waals surface area contributed by atoms with E-state index in [2.05, 4.69) is 37.9 Å². The lowest BCUT2D eigenvalue weighted by Gasteiger charge is -2.02. The summed E-state index contributed by atoms with van der Waals surface area (Å²) in [6.07, 6.45) is 0.308. The molecule has 0 N–H and O–H groups in total. The summed E-state index contributed by atoms with van der Waals surface area (Å²) < 4.78 is 1.44.